The molecule has 0 radical (unpaired) electrons. The summed E-state index contributed by atoms with van der Waals surface area (Å²) >= 11 is 1.46. The molecule has 3 aromatic rings. The molecule has 0 atom stereocenters. The van der Waals surface area contributed by atoms with Crippen molar-refractivity contribution >= 4 is 29.0 Å². The van der Waals surface area contributed by atoms with Crippen LogP contribution in [0, 0.1) is 15.9 Å². The molecule has 0 aliphatic carbocycles. The minimum atomic E-state index is -0.436. The number of hydrogen-bond acceptors (Lipinski definition) is 5. The number of anilines is 1. The number of pyridine rings is 1. The molecule has 27 heavy (non-hydrogen) atoms. The first-order valence-electron chi connectivity index (χ1n) is 7.90. The highest BCUT2D eigenvalue weighted by molar-refractivity contribution is 7.98. The quantitative estimate of drug-likeness (QED) is 0.380. The van der Waals surface area contributed by atoms with Crippen LogP contribution in [0.2, 0.25) is 0 Å². The summed E-state index contributed by atoms with van der Waals surface area (Å²) in [5, 5.41) is 14.0. The Balaban J connectivity index is 1.57. The summed E-state index contributed by atoms with van der Waals surface area (Å²) in [4.78, 5) is 26.6. The van der Waals surface area contributed by atoms with Gasteiger partial charge in [0.1, 0.15) is 5.82 Å². The Bertz CT molecular complexity index is 945. The zero-order chi connectivity index (χ0) is 19.2. The summed E-state index contributed by atoms with van der Waals surface area (Å²) in [6, 6.07) is 15.2. The molecular formula is C19H14FN3O3S. The average molecular weight is 383 g/mol. The van der Waals surface area contributed by atoms with Gasteiger partial charge in [0.25, 0.3) is 11.6 Å². The molecule has 3 rings (SSSR count). The molecule has 0 saturated carbocycles. The molecule has 6 nitrogen and oxygen atoms in total. The number of halogens is 1. The lowest BCUT2D eigenvalue weighted by Gasteiger charge is -2.06. The van der Waals surface area contributed by atoms with E-state index in [9.17, 15) is 19.3 Å². The number of benzene rings is 2. The average Bonchev–Trinajstić information content (AvgIpc) is 2.69. The first-order valence-corrected chi connectivity index (χ1v) is 8.89. The van der Waals surface area contributed by atoms with Crippen molar-refractivity contribution in [3.63, 3.8) is 0 Å². The number of nitro groups is 1. The predicted octanol–water partition coefficient (Wildman–Crippen LogP) is 4.67. The van der Waals surface area contributed by atoms with E-state index in [1.807, 2.05) is 0 Å². The highest BCUT2D eigenvalue weighted by Crippen LogP contribution is 2.22. The first kappa shape index (κ1) is 18.5. The summed E-state index contributed by atoms with van der Waals surface area (Å²) in [6.45, 7) is 0. The molecule has 0 fully saturated rings. The van der Waals surface area contributed by atoms with Crippen LogP contribution in [-0.4, -0.2) is 15.8 Å². The van der Waals surface area contributed by atoms with E-state index in [0.717, 1.165) is 10.6 Å². The molecule has 1 heterocycles. The van der Waals surface area contributed by atoms with Crippen molar-refractivity contribution < 1.29 is 14.1 Å². The van der Waals surface area contributed by atoms with E-state index < -0.39 is 4.92 Å². The molecule has 2 aromatic carbocycles. The van der Waals surface area contributed by atoms with E-state index >= 15 is 0 Å². The maximum Gasteiger partial charge on any atom is 0.269 e. The van der Waals surface area contributed by atoms with Crippen molar-refractivity contribution in [1.29, 1.82) is 0 Å². The monoisotopic (exact) mass is 383 g/mol. The summed E-state index contributed by atoms with van der Waals surface area (Å²) in [5.41, 5.74) is 1.88. The van der Waals surface area contributed by atoms with E-state index in [1.54, 1.807) is 24.3 Å². The van der Waals surface area contributed by atoms with Crippen LogP contribution in [0.5, 0.6) is 0 Å². The van der Waals surface area contributed by atoms with Crippen LogP contribution >= 0.6 is 11.8 Å². The van der Waals surface area contributed by atoms with Gasteiger partial charge < -0.3 is 5.32 Å². The highest BCUT2D eigenvalue weighted by atomic mass is 32.2. The van der Waals surface area contributed by atoms with E-state index in [-0.39, 0.29) is 17.4 Å². The molecule has 0 aliphatic heterocycles. The second-order valence-corrected chi connectivity index (χ2v) is 6.55. The number of nitrogens with zero attached hydrogens (tertiary/aromatic N) is 2. The Labute approximate surface area is 158 Å². The molecule has 0 bridgehead atoms. The Kier molecular flexibility index (Phi) is 5.77. The van der Waals surface area contributed by atoms with Gasteiger partial charge in [-0.25, -0.2) is 9.37 Å². The third kappa shape index (κ3) is 5.11. The van der Waals surface area contributed by atoms with Gasteiger partial charge in [0, 0.05) is 29.8 Å². The molecular weight excluding hydrogens is 369 g/mol. The normalized spacial score (nSPS) is 10.4. The van der Waals surface area contributed by atoms with Gasteiger partial charge in [-0.3, -0.25) is 14.9 Å². The molecule has 0 aliphatic rings. The van der Waals surface area contributed by atoms with Gasteiger partial charge in [0.2, 0.25) is 0 Å². The highest BCUT2D eigenvalue weighted by Gasteiger charge is 2.08. The number of nitro benzene ring substituents is 1. The second kappa shape index (κ2) is 8.41. The number of amides is 1. The number of thioether (sulfide) groups is 1. The standard InChI is InChI=1S/C19H14FN3O3S/c20-15-4-6-16(7-5-15)22-19(24)14-3-10-18(21-11-14)27-12-13-1-8-17(9-2-13)23(25)26/h1-11H,12H2,(H,22,24). The van der Waals surface area contributed by atoms with E-state index in [4.69, 9.17) is 0 Å². The second-order valence-electron chi connectivity index (χ2n) is 5.56. The Morgan fingerprint density at radius 2 is 1.78 bits per heavy atom. The summed E-state index contributed by atoms with van der Waals surface area (Å²) in [5.74, 6) is -0.100. The van der Waals surface area contributed by atoms with Crippen molar-refractivity contribution in [3.8, 4) is 0 Å². The molecule has 1 aromatic heterocycles. The molecule has 1 N–H and O–H groups in total. The lowest BCUT2D eigenvalue weighted by Crippen LogP contribution is -2.12. The Morgan fingerprint density at radius 3 is 2.37 bits per heavy atom. The predicted molar refractivity (Wildman–Crippen MR) is 101 cm³/mol. The largest absolute Gasteiger partial charge is 0.322 e. The van der Waals surface area contributed by atoms with Gasteiger partial charge in [0.05, 0.1) is 15.5 Å². The topological polar surface area (TPSA) is 85.1 Å². The van der Waals surface area contributed by atoms with Gasteiger partial charge in [-0.1, -0.05) is 12.1 Å². The third-order valence-corrected chi connectivity index (χ3v) is 4.65. The number of carbonyl (C=O) groups is 1. The summed E-state index contributed by atoms with van der Waals surface area (Å²) < 4.78 is 12.9. The van der Waals surface area contributed by atoms with Crippen molar-refractivity contribution in [2.45, 2.75) is 10.8 Å². The number of hydrogen-bond donors (Lipinski definition) is 1. The van der Waals surface area contributed by atoms with Gasteiger partial charge in [-0.2, -0.15) is 0 Å². The Hall–Kier alpha value is -3.26. The van der Waals surface area contributed by atoms with Gasteiger partial charge in [-0.05, 0) is 42.0 Å². The molecule has 0 spiro atoms. The van der Waals surface area contributed by atoms with Crippen molar-refractivity contribution in [3.05, 3.63) is 93.9 Å². The van der Waals surface area contributed by atoms with Crippen LogP contribution in [0.25, 0.3) is 0 Å². The number of non-ortho nitro benzene ring substituents is 1. The maximum atomic E-state index is 12.9. The lowest BCUT2D eigenvalue weighted by atomic mass is 10.2. The van der Waals surface area contributed by atoms with Crippen LogP contribution < -0.4 is 5.32 Å². The van der Waals surface area contributed by atoms with Crippen molar-refractivity contribution in [2.24, 2.45) is 0 Å². The minimum absolute atomic E-state index is 0.0541. The fourth-order valence-electron chi connectivity index (χ4n) is 2.21. The number of aromatic nitrogens is 1. The SMILES string of the molecule is O=C(Nc1ccc(F)cc1)c1ccc(SCc2ccc([N+](=O)[O-])cc2)nc1. The van der Waals surface area contributed by atoms with Gasteiger partial charge in [-0.15, -0.1) is 11.8 Å². The van der Waals surface area contributed by atoms with E-state index in [0.29, 0.717) is 17.0 Å². The van der Waals surface area contributed by atoms with Crippen molar-refractivity contribution in [2.75, 3.05) is 5.32 Å². The fourth-order valence-corrected chi connectivity index (χ4v) is 3.01. The Morgan fingerprint density at radius 1 is 1.07 bits per heavy atom. The van der Waals surface area contributed by atoms with E-state index in [2.05, 4.69) is 10.3 Å². The lowest BCUT2D eigenvalue weighted by molar-refractivity contribution is -0.384. The molecule has 136 valence electrons. The van der Waals surface area contributed by atoms with Crippen LogP contribution in [-0.2, 0) is 5.75 Å². The fraction of sp³-hybridized carbons (Fsp3) is 0.0526. The number of rotatable bonds is 6. The van der Waals surface area contributed by atoms with Crippen LogP contribution in [0.3, 0.4) is 0 Å². The smallest absolute Gasteiger partial charge is 0.269 e. The van der Waals surface area contributed by atoms with Crippen LogP contribution in [0.4, 0.5) is 15.8 Å². The molecule has 8 heteroatoms. The maximum absolute atomic E-state index is 12.9. The summed E-state index contributed by atoms with van der Waals surface area (Å²) in [6.07, 6.45) is 1.47. The molecule has 0 unspecified atom stereocenters. The molecule has 1 amide bonds. The third-order valence-electron chi connectivity index (χ3n) is 3.63. The molecule has 0 saturated heterocycles. The van der Waals surface area contributed by atoms with Crippen LogP contribution in [0.1, 0.15) is 15.9 Å². The van der Waals surface area contributed by atoms with Crippen molar-refractivity contribution in [1.82, 2.24) is 4.98 Å². The van der Waals surface area contributed by atoms with E-state index in [1.165, 1.54) is 54.4 Å². The van der Waals surface area contributed by atoms with Gasteiger partial charge in [0.15, 0.2) is 0 Å². The minimum Gasteiger partial charge on any atom is -0.322 e. The zero-order valence-corrected chi connectivity index (χ0v) is 14.8. The first-order chi connectivity index (χ1) is 13.0. The summed E-state index contributed by atoms with van der Waals surface area (Å²) in [7, 11) is 0. The van der Waals surface area contributed by atoms with Gasteiger partial charge >= 0.3 is 0 Å². The zero-order valence-electron chi connectivity index (χ0n) is 14.0. The number of carbonyl (C=O) groups excluding carboxylic acids is 1. The number of nitrogens with one attached hydrogen (secondary N) is 1. The van der Waals surface area contributed by atoms with Crippen LogP contribution in [0.15, 0.2) is 71.9 Å².